The molecule has 1 aliphatic heterocycles. The molecular weight excluding hydrogens is 405 g/mol. The fourth-order valence-electron chi connectivity index (χ4n) is 3.11. The van der Waals surface area contributed by atoms with Gasteiger partial charge in [0.05, 0.1) is 6.42 Å². The lowest BCUT2D eigenvalue weighted by atomic mass is 10.1. The van der Waals surface area contributed by atoms with Crippen LogP contribution in [0.4, 0.5) is 29.5 Å². The Morgan fingerprint density at radius 2 is 1.67 bits per heavy atom. The molecule has 1 aromatic carbocycles. The number of carbonyl (C=O) groups is 2. The summed E-state index contributed by atoms with van der Waals surface area (Å²) in [6, 6.07) is 5.12. The highest BCUT2D eigenvalue weighted by Gasteiger charge is 2.28. The Morgan fingerprint density at radius 1 is 1.03 bits per heavy atom. The lowest BCUT2D eigenvalue weighted by Crippen LogP contribution is -2.45. The van der Waals surface area contributed by atoms with Crippen molar-refractivity contribution < 1.29 is 27.4 Å². The molecule has 2 aromatic rings. The molecule has 0 radical (unpaired) electrons. The van der Waals surface area contributed by atoms with E-state index >= 15 is 0 Å². The van der Waals surface area contributed by atoms with E-state index in [9.17, 15) is 22.8 Å². The first-order valence-corrected chi connectivity index (χ1v) is 9.32. The van der Waals surface area contributed by atoms with E-state index in [0.29, 0.717) is 31.6 Å². The maximum atomic E-state index is 12.6. The summed E-state index contributed by atoms with van der Waals surface area (Å²) in [5, 5.41) is 9.59. The zero-order chi connectivity index (χ0) is 21.7. The molecule has 3 N–H and O–H groups in total. The molecule has 9 nitrogen and oxygen atoms in total. The number of urea groups is 1. The van der Waals surface area contributed by atoms with E-state index in [1.807, 2.05) is 0 Å². The molecule has 1 aliphatic rings. The Hall–Kier alpha value is -3.31. The maximum absolute atomic E-state index is 12.6. The quantitative estimate of drug-likeness (QED) is 0.779. The molecule has 0 aliphatic carbocycles. The van der Waals surface area contributed by atoms with Gasteiger partial charge in [-0.15, -0.1) is 0 Å². The second kappa shape index (κ2) is 9.01. The van der Waals surface area contributed by atoms with Gasteiger partial charge in [-0.3, -0.25) is 4.79 Å². The third kappa shape index (κ3) is 5.61. The fraction of sp³-hybridized carbons (Fsp3) is 0.444. The van der Waals surface area contributed by atoms with Gasteiger partial charge in [0, 0.05) is 31.9 Å². The van der Waals surface area contributed by atoms with Crippen molar-refractivity contribution in [3.05, 3.63) is 35.5 Å². The van der Waals surface area contributed by atoms with E-state index < -0.39 is 24.5 Å². The number of nitrogens with one attached hydrogen (secondary N) is 1. The van der Waals surface area contributed by atoms with Gasteiger partial charge in [-0.25, -0.2) is 9.42 Å². The Bertz CT molecular complexity index is 884. The number of aromatic nitrogens is 2. The average molecular weight is 426 g/mol. The second-order valence-corrected chi connectivity index (χ2v) is 6.90. The van der Waals surface area contributed by atoms with Crippen LogP contribution in [0.15, 0.2) is 28.9 Å². The number of rotatable bonds is 3. The maximum Gasteiger partial charge on any atom is 0.393 e. The third-order valence-electron chi connectivity index (χ3n) is 4.65. The minimum Gasteiger partial charge on any atom is -0.379 e. The number of nitrogens with two attached hydrogens (primary N) is 1. The molecule has 12 heteroatoms. The molecule has 2 heterocycles. The molecule has 3 amide bonds. The van der Waals surface area contributed by atoms with Crippen LogP contribution < -0.4 is 11.1 Å². The largest absolute Gasteiger partial charge is 0.393 e. The van der Waals surface area contributed by atoms with Crippen molar-refractivity contribution >= 4 is 23.4 Å². The predicted molar refractivity (Wildman–Crippen MR) is 101 cm³/mol. The summed E-state index contributed by atoms with van der Waals surface area (Å²) in [7, 11) is 0. The van der Waals surface area contributed by atoms with E-state index in [2.05, 4.69) is 20.3 Å². The van der Waals surface area contributed by atoms with Gasteiger partial charge < -0.3 is 20.9 Å². The van der Waals surface area contributed by atoms with Gasteiger partial charge in [0.2, 0.25) is 11.5 Å². The van der Waals surface area contributed by atoms with E-state index in [1.165, 1.54) is 29.2 Å². The molecular formula is C18H21F3N6O3. The highest BCUT2D eigenvalue weighted by Crippen LogP contribution is 2.22. The van der Waals surface area contributed by atoms with Crippen molar-refractivity contribution in [3.63, 3.8) is 0 Å². The Kier molecular flexibility index (Phi) is 6.43. The van der Waals surface area contributed by atoms with E-state index in [1.54, 1.807) is 4.90 Å². The van der Waals surface area contributed by atoms with Crippen molar-refractivity contribution in [1.82, 2.24) is 20.1 Å². The van der Waals surface area contributed by atoms with Gasteiger partial charge in [0.1, 0.15) is 0 Å². The normalized spacial score (nSPS) is 15.4. The Morgan fingerprint density at radius 3 is 2.27 bits per heavy atom. The predicted octanol–water partition coefficient (Wildman–Crippen LogP) is 2.53. The minimum atomic E-state index is -4.29. The number of benzene rings is 1. The standard InChI is InChI=1S/C18H21F3N6O3/c19-18(20,21)11-12-3-5-13(6-4-12)23-17(29)27-8-2-1-7-26(9-10-27)16(28)14-15(22)25-30-24-14/h3-6H,1-2,7-11H2,(H2,22,25)(H,23,29). The topological polar surface area (TPSA) is 118 Å². The number of anilines is 2. The van der Waals surface area contributed by atoms with Crippen LogP contribution in [0.3, 0.4) is 0 Å². The number of amides is 3. The number of hydrogen-bond donors (Lipinski definition) is 2. The molecule has 0 spiro atoms. The number of alkyl halides is 3. The molecule has 1 aromatic heterocycles. The monoisotopic (exact) mass is 426 g/mol. The zero-order valence-electron chi connectivity index (χ0n) is 16.0. The molecule has 0 atom stereocenters. The summed E-state index contributed by atoms with van der Waals surface area (Å²) in [6.07, 6.45) is -3.96. The molecule has 1 fully saturated rings. The molecule has 0 bridgehead atoms. The number of carbonyl (C=O) groups excluding carboxylic acids is 2. The van der Waals surface area contributed by atoms with Gasteiger partial charge in [0.15, 0.2) is 0 Å². The van der Waals surface area contributed by atoms with Gasteiger partial charge in [0.25, 0.3) is 5.91 Å². The smallest absolute Gasteiger partial charge is 0.379 e. The van der Waals surface area contributed by atoms with Gasteiger partial charge in [-0.1, -0.05) is 12.1 Å². The summed E-state index contributed by atoms with van der Waals surface area (Å²) in [5.74, 6) is -0.512. The zero-order valence-corrected chi connectivity index (χ0v) is 16.0. The van der Waals surface area contributed by atoms with E-state index in [4.69, 9.17) is 5.73 Å². The Labute approximate surface area is 169 Å². The van der Waals surface area contributed by atoms with Crippen LogP contribution in [0.25, 0.3) is 0 Å². The van der Waals surface area contributed by atoms with E-state index in [-0.39, 0.29) is 30.2 Å². The van der Waals surface area contributed by atoms with Gasteiger partial charge in [-0.05, 0) is 40.9 Å². The molecule has 0 unspecified atom stereocenters. The fourth-order valence-corrected chi connectivity index (χ4v) is 3.11. The number of nitrogen functional groups attached to an aromatic ring is 1. The lowest BCUT2D eigenvalue weighted by Gasteiger charge is -2.30. The average Bonchev–Trinajstić information content (AvgIpc) is 3.07. The number of nitrogens with zero attached hydrogens (tertiary/aromatic N) is 4. The molecule has 1 saturated heterocycles. The van der Waals surface area contributed by atoms with Crippen molar-refractivity contribution in [2.24, 2.45) is 0 Å². The summed E-state index contributed by atoms with van der Waals surface area (Å²) in [4.78, 5) is 28.2. The number of hydrogen-bond acceptors (Lipinski definition) is 6. The van der Waals surface area contributed by atoms with Gasteiger partial charge >= 0.3 is 12.2 Å². The Balaban J connectivity index is 1.58. The summed E-state index contributed by atoms with van der Waals surface area (Å²) in [6.45, 7) is 1.52. The van der Waals surface area contributed by atoms with Crippen LogP contribution in [0.1, 0.15) is 28.9 Å². The SMILES string of the molecule is Nc1nonc1C(=O)N1CCCCN(C(=O)Nc2ccc(CC(F)(F)F)cc2)CC1. The van der Waals surface area contributed by atoms with Crippen LogP contribution in [0.2, 0.25) is 0 Å². The van der Waals surface area contributed by atoms with Crippen molar-refractivity contribution in [2.45, 2.75) is 25.4 Å². The van der Waals surface area contributed by atoms with Crippen LogP contribution >= 0.6 is 0 Å². The van der Waals surface area contributed by atoms with Crippen molar-refractivity contribution in [3.8, 4) is 0 Å². The van der Waals surface area contributed by atoms with E-state index in [0.717, 1.165) is 0 Å². The van der Waals surface area contributed by atoms with Crippen LogP contribution in [-0.4, -0.2) is 64.4 Å². The number of halogens is 3. The van der Waals surface area contributed by atoms with Crippen molar-refractivity contribution in [1.29, 1.82) is 0 Å². The van der Waals surface area contributed by atoms with Crippen molar-refractivity contribution in [2.75, 3.05) is 37.2 Å². The summed E-state index contributed by atoms with van der Waals surface area (Å²) in [5.41, 5.74) is 6.01. The highest BCUT2D eigenvalue weighted by atomic mass is 19.4. The van der Waals surface area contributed by atoms with Gasteiger partial charge in [-0.2, -0.15) is 13.2 Å². The van der Waals surface area contributed by atoms with Crippen LogP contribution in [0, 0.1) is 0 Å². The summed E-state index contributed by atoms with van der Waals surface area (Å²) < 4.78 is 41.8. The van der Waals surface area contributed by atoms with Crippen LogP contribution in [-0.2, 0) is 6.42 Å². The first kappa shape index (κ1) is 21.4. The highest BCUT2D eigenvalue weighted by molar-refractivity contribution is 5.96. The lowest BCUT2D eigenvalue weighted by molar-refractivity contribution is -0.127. The first-order chi connectivity index (χ1) is 14.2. The third-order valence-corrected chi connectivity index (χ3v) is 4.65. The molecule has 30 heavy (non-hydrogen) atoms. The second-order valence-electron chi connectivity index (χ2n) is 6.90. The molecule has 0 saturated carbocycles. The summed E-state index contributed by atoms with van der Waals surface area (Å²) >= 11 is 0. The van der Waals surface area contributed by atoms with Crippen LogP contribution in [0.5, 0.6) is 0 Å². The molecule has 3 rings (SSSR count). The first-order valence-electron chi connectivity index (χ1n) is 9.32. The molecule has 162 valence electrons. The minimum absolute atomic E-state index is 0.0643.